The van der Waals surface area contributed by atoms with Crippen LogP contribution in [0.1, 0.15) is 30.3 Å². The fraction of sp³-hybridized carbons (Fsp3) is 0.438. The molecule has 0 radical (unpaired) electrons. The summed E-state index contributed by atoms with van der Waals surface area (Å²) in [5.41, 5.74) is 1.19. The van der Waals surface area contributed by atoms with E-state index in [-0.39, 0.29) is 0 Å². The first-order valence-electron chi connectivity index (χ1n) is 7.14. The highest BCUT2D eigenvalue weighted by Gasteiger charge is 2.08. The van der Waals surface area contributed by atoms with E-state index >= 15 is 0 Å². The van der Waals surface area contributed by atoms with Crippen LogP contribution in [0.5, 0.6) is 11.5 Å². The zero-order valence-corrected chi connectivity index (χ0v) is 13.6. The van der Waals surface area contributed by atoms with Crippen LogP contribution in [0.3, 0.4) is 0 Å². The summed E-state index contributed by atoms with van der Waals surface area (Å²) in [5.74, 6) is 2.00. The van der Waals surface area contributed by atoms with Crippen molar-refractivity contribution >= 4 is 11.3 Å². The Morgan fingerprint density at radius 1 is 1.33 bits per heavy atom. The van der Waals surface area contributed by atoms with Crippen molar-refractivity contribution in [1.29, 1.82) is 0 Å². The van der Waals surface area contributed by atoms with E-state index in [0.29, 0.717) is 12.5 Å². The number of aromatic nitrogens is 1. The molecule has 0 aliphatic heterocycles. The fourth-order valence-electron chi connectivity index (χ4n) is 2.10. The maximum absolute atomic E-state index is 5.59. The van der Waals surface area contributed by atoms with Gasteiger partial charge in [0, 0.05) is 30.6 Å². The molecule has 1 N–H and O–H groups in total. The van der Waals surface area contributed by atoms with Gasteiger partial charge in [-0.15, -0.1) is 11.3 Å². The largest absolute Gasteiger partial charge is 0.493 e. The smallest absolute Gasteiger partial charge is 0.161 e. The summed E-state index contributed by atoms with van der Waals surface area (Å²) in [6.45, 7) is 6.50. The molecule has 1 unspecified atom stereocenters. The highest BCUT2D eigenvalue weighted by Crippen LogP contribution is 2.28. The zero-order valence-electron chi connectivity index (χ0n) is 12.8. The first-order valence-corrected chi connectivity index (χ1v) is 8.02. The number of nitrogens with zero attached hydrogens (tertiary/aromatic N) is 1. The van der Waals surface area contributed by atoms with Crippen LogP contribution in [0.25, 0.3) is 0 Å². The number of hydrogen-bond donors (Lipinski definition) is 1. The van der Waals surface area contributed by atoms with Crippen LogP contribution >= 0.6 is 11.3 Å². The van der Waals surface area contributed by atoms with Crippen LogP contribution in [0.4, 0.5) is 0 Å². The molecule has 1 aromatic carbocycles. The highest BCUT2D eigenvalue weighted by molar-refractivity contribution is 7.09. The van der Waals surface area contributed by atoms with Gasteiger partial charge in [-0.1, -0.05) is 13.0 Å². The van der Waals surface area contributed by atoms with E-state index in [1.807, 2.05) is 30.6 Å². The first kappa shape index (κ1) is 15.8. The van der Waals surface area contributed by atoms with Crippen LogP contribution in [0.2, 0.25) is 0 Å². The Hall–Kier alpha value is -1.59. The molecule has 1 heterocycles. The predicted octanol–water partition coefficient (Wildman–Crippen LogP) is 3.44. The molecule has 2 rings (SSSR count). The van der Waals surface area contributed by atoms with Gasteiger partial charge < -0.3 is 14.8 Å². The van der Waals surface area contributed by atoms with E-state index in [9.17, 15) is 0 Å². The SMILES string of the molecule is CCOc1cc(CNCC(C)c2nccs2)ccc1OC. The van der Waals surface area contributed by atoms with E-state index in [1.54, 1.807) is 18.4 Å². The Kier molecular flexibility index (Phi) is 6.02. The van der Waals surface area contributed by atoms with Gasteiger partial charge in [0.15, 0.2) is 11.5 Å². The summed E-state index contributed by atoms with van der Waals surface area (Å²) in [5, 5.41) is 6.66. The molecular formula is C16H22N2O2S. The molecule has 5 heteroatoms. The Morgan fingerprint density at radius 3 is 2.86 bits per heavy atom. The average Bonchev–Trinajstić information content (AvgIpc) is 3.02. The van der Waals surface area contributed by atoms with Crippen LogP contribution < -0.4 is 14.8 Å². The number of ether oxygens (including phenoxy) is 2. The number of methoxy groups -OCH3 is 1. The number of rotatable bonds is 8. The average molecular weight is 306 g/mol. The Morgan fingerprint density at radius 2 is 2.19 bits per heavy atom. The van der Waals surface area contributed by atoms with Crippen LogP contribution in [-0.4, -0.2) is 25.2 Å². The van der Waals surface area contributed by atoms with E-state index in [1.165, 1.54) is 10.6 Å². The molecule has 4 nitrogen and oxygen atoms in total. The fourth-order valence-corrected chi connectivity index (χ4v) is 2.80. The molecule has 2 aromatic rings. The van der Waals surface area contributed by atoms with Crippen molar-refractivity contribution in [3.8, 4) is 11.5 Å². The summed E-state index contributed by atoms with van der Waals surface area (Å²) >= 11 is 1.70. The lowest BCUT2D eigenvalue weighted by molar-refractivity contribution is 0.310. The normalized spacial score (nSPS) is 12.1. The van der Waals surface area contributed by atoms with Crippen molar-refractivity contribution in [3.63, 3.8) is 0 Å². The topological polar surface area (TPSA) is 43.4 Å². The Balaban J connectivity index is 1.89. The third kappa shape index (κ3) is 4.44. The van der Waals surface area contributed by atoms with Gasteiger partial charge in [-0.2, -0.15) is 0 Å². The molecule has 0 spiro atoms. The number of benzene rings is 1. The molecule has 21 heavy (non-hydrogen) atoms. The summed E-state index contributed by atoms with van der Waals surface area (Å²) in [6, 6.07) is 6.04. The molecule has 1 atom stereocenters. The molecule has 0 amide bonds. The molecule has 0 aliphatic carbocycles. The van der Waals surface area contributed by atoms with Crippen molar-refractivity contribution in [2.75, 3.05) is 20.3 Å². The van der Waals surface area contributed by atoms with Gasteiger partial charge in [0.25, 0.3) is 0 Å². The minimum Gasteiger partial charge on any atom is -0.493 e. The minimum atomic E-state index is 0.426. The quantitative estimate of drug-likeness (QED) is 0.811. The highest BCUT2D eigenvalue weighted by atomic mass is 32.1. The van der Waals surface area contributed by atoms with E-state index in [4.69, 9.17) is 9.47 Å². The molecule has 0 bridgehead atoms. The van der Waals surface area contributed by atoms with Crippen molar-refractivity contribution in [1.82, 2.24) is 10.3 Å². The summed E-state index contributed by atoms with van der Waals surface area (Å²) in [4.78, 5) is 4.34. The van der Waals surface area contributed by atoms with E-state index < -0.39 is 0 Å². The lowest BCUT2D eigenvalue weighted by Gasteiger charge is -2.13. The molecule has 1 aromatic heterocycles. The third-order valence-electron chi connectivity index (χ3n) is 3.18. The molecule has 0 saturated carbocycles. The second-order valence-corrected chi connectivity index (χ2v) is 5.75. The van der Waals surface area contributed by atoms with Crippen molar-refractivity contribution in [2.24, 2.45) is 0 Å². The molecule has 0 fully saturated rings. The molecule has 0 saturated heterocycles. The third-order valence-corrected chi connectivity index (χ3v) is 4.19. The maximum Gasteiger partial charge on any atom is 0.161 e. The van der Waals surface area contributed by atoms with Crippen molar-refractivity contribution in [2.45, 2.75) is 26.3 Å². The number of thiazole rings is 1. The van der Waals surface area contributed by atoms with Crippen molar-refractivity contribution < 1.29 is 9.47 Å². The van der Waals surface area contributed by atoms with Gasteiger partial charge in [-0.25, -0.2) is 4.98 Å². The second kappa shape index (κ2) is 8.00. The predicted molar refractivity (Wildman–Crippen MR) is 86.4 cm³/mol. The minimum absolute atomic E-state index is 0.426. The Labute approximate surface area is 130 Å². The van der Waals surface area contributed by atoms with Gasteiger partial charge in [0.05, 0.1) is 18.7 Å². The summed E-state index contributed by atoms with van der Waals surface area (Å²) < 4.78 is 10.9. The lowest BCUT2D eigenvalue weighted by Crippen LogP contribution is -2.19. The lowest BCUT2D eigenvalue weighted by atomic mass is 10.1. The number of nitrogens with one attached hydrogen (secondary N) is 1. The maximum atomic E-state index is 5.59. The summed E-state index contributed by atoms with van der Waals surface area (Å²) in [7, 11) is 1.66. The van der Waals surface area contributed by atoms with Gasteiger partial charge in [-0.05, 0) is 24.6 Å². The van der Waals surface area contributed by atoms with Crippen LogP contribution in [0.15, 0.2) is 29.8 Å². The van der Waals surface area contributed by atoms with Crippen molar-refractivity contribution in [3.05, 3.63) is 40.3 Å². The van der Waals surface area contributed by atoms with E-state index in [2.05, 4.69) is 23.3 Å². The van der Waals surface area contributed by atoms with Gasteiger partial charge in [0.1, 0.15) is 0 Å². The molecule has 0 aliphatic rings. The van der Waals surface area contributed by atoms with E-state index in [0.717, 1.165) is 24.6 Å². The number of hydrogen-bond acceptors (Lipinski definition) is 5. The van der Waals surface area contributed by atoms with Gasteiger partial charge >= 0.3 is 0 Å². The molecular weight excluding hydrogens is 284 g/mol. The first-order chi connectivity index (χ1) is 10.2. The van der Waals surface area contributed by atoms with Gasteiger partial charge in [-0.3, -0.25) is 0 Å². The molecule has 114 valence electrons. The van der Waals surface area contributed by atoms with Crippen LogP contribution in [0, 0.1) is 0 Å². The summed E-state index contributed by atoms with van der Waals surface area (Å²) in [6.07, 6.45) is 1.86. The van der Waals surface area contributed by atoms with Gasteiger partial charge in [0.2, 0.25) is 0 Å². The Bertz CT molecular complexity index is 543. The monoisotopic (exact) mass is 306 g/mol. The standard InChI is InChI=1S/C16H22N2O2S/c1-4-20-15-9-13(5-6-14(15)19-3)11-17-10-12(2)16-18-7-8-21-16/h5-9,12,17H,4,10-11H2,1-3H3. The zero-order chi connectivity index (χ0) is 15.1. The van der Waals surface area contributed by atoms with Crippen LogP contribution in [-0.2, 0) is 6.54 Å². The second-order valence-electron chi connectivity index (χ2n) is 4.82.